The van der Waals surface area contributed by atoms with Gasteiger partial charge in [-0.05, 0) is 98.0 Å². The van der Waals surface area contributed by atoms with Crippen LogP contribution in [0.2, 0.25) is 0 Å². The molecule has 2 aromatic rings. The number of aliphatic hydroxyl groups excluding tert-OH is 2. The van der Waals surface area contributed by atoms with Crippen LogP contribution in [0.4, 0.5) is 0 Å². The number of rotatable bonds is 3. The second kappa shape index (κ2) is 7.61. The van der Waals surface area contributed by atoms with E-state index in [0.717, 1.165) is 37.1 Å². The lowest BCUT2D eigenvalue weighted by molar-refractivity contribution is -0.181. The Balaban J connectivity index is 1.37. The van der Waals surface area contributed by atoms with Crippen LogP contribution < -0.4 is 0 Å². The molecular weight excluding hydrogens is 440 g/mol. The molecule has 0 bridgehead atoms. The van der Waals surface area contributed by atoms with E-state index in [9.17, 15) is 20.1 Å². The first-order valence-electron chi connectivity index (χ1n) is 13.0. The van der Waals surface area contributed by atoms with E-state index in [2.05, 4.69) is 44.2 Å². The summed E-state index contributed by atoms with van der Waals surface area (Å²) in [6, 6.07) is 8.39. The highest BCUT2D eigenvalue weighted by molar-refractivity contribution is 5.89. The van der Waals surface area contributed by atoms with Gasteiger partial charge in [0.25, 0.3) is 0 Å². The Hall–Kier alpha value is -2.28. The Bertz CT molecular complexity index is 1230. The van der Waals surface area contributed by atoms with Crippen molar-refractivity contribution in [1.29, 1.82) is 0 Å². The Morgan fingerprint density at radius 3 is 2.80 bits per heavy atom. The molecule has 35 heavy (non-hydrogen) atoms. The first-order chi connectivity index (χ1) is 16.6. The maximum absolute atomic E-state index is 12.6. The number of benzene rings is 1. The monoisotopic (exact) mass is 476 g/mol. The van der Waals surface area contributed by atoms with Gasteiger partial charge in [-0.2, -0.15) is 5.10 Å². The van der Waals surface area contributed by atoms with Gasteiger partial charge < -0.3 is 15.3 Å². The van der Waals surface area contributed by atoms with E-state index in [0.29, 0.717) is 12.8 Å². The van der Waals surface area contributed by atoms with Crippen molar-refractivity contribution in [1.82, 2.24) is 9.78 Å². The van der Waals surface area contributed by atoms with E-state index in [-0.39, 0.29) is 23.2 Å². The third-order valence-corrected chi connectivity index (χ3v) is 10.4. The van der Waals surface area contributed by atoms with Crippen molar-refractivity contribution in [3.8, 4) is 5.69 Å². The quantitative estimate of drug-likeness (QED) is 0.629. The van der Waals surface area contributed by atoms with Crippen LogP contribution in [0.25, 0.3) is 11.8 Å². The van der Waals surface area contributed by atoms with Crippen molar-refractivity contribution in [2.24, 2.45) is 28.6 Å². The molecule has 4 aliphatic rings. The maximum Gasteiger partial charge on any atom is 0.190 e. The van der Waals surface area contributed by atoms with Crippen LogP contribution >= 0.6 is 0 Å². The fourth-order valence-corrected chi connectivity index (χ4v) is 8.74. The summed E-state index contributed by atoms with van der Waals surface area (Å²) < 4.78 is 2.03. The van der Waals surface area contributed by atoms with Crippen LogP contribution in [0.3, 0.4) is 0 Å². The van der Waals surface area contributed by atoms with Crippen molar-refractivity contribution in [3.63, 3.8) is 0 Å². The summed E-state index contributed by atoms with van der Waals surface area (Å²) >= 11 is 0. The summed E-state index contributed by atoms with van der Waals surface area (Å²) in [5.41, 5.74) is 3.54. The van der Waals surface area contributed by atoms with E-state index >= 15 is 0 Å². The Kier molecular flexibility index (Phi) is 5.03. The minimum Gasteiger partial charge on any atom is -0.393 e. The number of carbonyl (C=O) groups is 1. The molecule has 7 atom stereocenters. The van der Waals surface area contributed by atoms with Crippen LogP contribution in [0, 0.1) is 35.5 Å². The molecule has 0 spiro atoms. The molecule has 3 fully saturated rings. The summed E-state index contributed by atoms with van der Waals surface area (Å²) in [6.45, 7) is 5.71. The van der Waals surface area contributed by atoms with Gasteiger partial charge in [-0.25, -0.2) is 4.68 Å². The summed E-state index contributed by atoms with van der Waals surface area (Å²) in [5, 5.41) is 37.4. The molecule has 1 aromatic heterocycles. The predicted octanol–water partition coefficient (Wildman–Crippen LogP) is 3.63. The number of nitrogens with zero attached hydrogens (tertiary/aromatic N) is 2. The Labute approximate surface area is 206 Å². The van der Waals surface area contributed by atoms with Crippen LogP contribution in [0.1, 0.15) is 62.8 Å². The lowest BCUT2D eigenvalue weighted by Gasteiger charge is -2.60. The molecule has 0 amide bonds. The number of aliphatic hydroxyl groups is 3. The van der Waals surface area contributed by atoms with Gasteiger partial charge in [-0.3, -0.25) is 4.79 Å². The third kappa shape index (κ3) is 3.00. The molecule has 3 N–H and O–H groups in total. The van der Waals surface area contributed by atoms with Gasteiger partial charge in [0.2, 0.25) is 0 Å². The standard InChI is InChI=1S/C29H36N2O4/c1-17-5-4-6-20(11-17)31-23-12-19-7-8-21-22-9-10-29(35,25(34)16-32)28(22,3)14-24(33)26(21)27(19,2)13-18(23)15-30-31/h4-6,11-12,15,21-22,24,26,32-33,35H,7-10,13-14,16H2,1-3H3/t21?,22?,24?,26?,27-,28-,29-/m0/s1. The molecular formula is C29H36N2O4. The first kappa shape index (κ1) is 23.1. The maximum atomic E-state index is 12.6. The highest BCUT2D eigenvalue weighted by Gasteiger charge is 2.68. The number of fused-ring (bicyclic) bond motifs is 6. The summed E-state index contributed by atoms with van der Waals surface area (Å²) in [4.78, 5) is 12.6. The van der Waals surface area contributed by atoms with Crippen molar-refractivity contribution in [3.05, 3.63) is 52.9 Å². The zero-order chi connectivity index (χ0) is 24.8. The number of allylic oxidation sites excluding steroid dienone is 1. The van der Waals surface area contributed by atoms with Crippen molar-refractivity contribution in [2.75, 3.05) is 6.61 Å². The van der Waals surface area contributed by atoms with Crippen LogP contribution in [0.5, 0.6) is 0 Å². The Morgan fingerprint density at radius 1 is 1.26 bits per heavy atom. The molecule has 6 rings (SSSR count). The summed E-state index contributed by atoms with van der Waals surface area (Å²) in [5.74, 6) is -0.0322. The zero-order valence-electron chi connectivity index (χ0n) is 20.9. The smallest absolute Gasteiger partial charge is 0.190 e. The second-order valence-corrected chi connectivity index (χ2v) is 12.1. The number of aryl methyl sites for hydroxylation is 1. The average Bonchev–Trinajstić information content (AvgIpc) is 3.34. The summed E-state index contributed by atoms with van der Waals surface area (Å²) in [7, 11) is 0. The number of aromatic nitrogens is 2. The normalized spacial score (nSPS) is 39.8. The van der Waals surface area contributed by atoms with E-state index in [1.165, 1.54) is 16.7 Å². The molecule has 0 radical (unpaired) electrons. The van der Waals surface area contributed by atoms with Gasteiger partial charge >= 0.3 is 0 Å². The molecule has 0 saturated heterocycles. The molecule has 1 aromatic carbocycles. The molecule has 0 aliphatic heterocycles. The van der Waals surface area contributed by atoms with Gasteiger partial charge in [0.1, 0.15) is 12.2 Å². The SMILES string of the molecule is Cc1cccc(-n2ncc3c2C=C2CCC4C(C(O)C[C@@]5(C)C4CC[C@]5(O)C(=O)CO)[C@@]2(C)C3)c1. The molecule has 4 unspecified atom stereocenters. The van der Waals surface area contributed by atoms with E-state index < -0.39 is 29.5 Å². The fraction of sp³-hybridized carbons (Fsp3) is 0.586. The molecule has 6 heteroatoms. The van der Waals surface area contributed by atoms with E-state index in [1.54, 1.807) is 0 Å². The van der Waals surface area contributed by atoms with Gasteiger partial charge in [0, 0.05) is 5.41 Å². The molecule has 6 nitrogen and oxygen atoms in total. The molecule has 4 aliphatic carbocycles. The number of hydrogen-bond acceptors (Lipinski definition) is 5. The molecule has 186 valence electrons. The number of Topliss-reactive ketones (excluding diaryl/α,β-unsaturated/α-hetero) is 1. The number of carbonyl (C=O) groups excluding carboxylic acids is 1. The van der Waals surface area contributed by atoms with Gasteiger partial charge in [-0.1, -0.05) is 31.6 Å². The van der Waals surface area contributed by atoms with E-state index in [1.807, 2.05) is 17.8 Å². The van der Waals surface area contributed by atoms with Crippen LogP contribution in [0.15, 0.2) is 36.0 Å². The minimum atomic E-state index is -1.55. The Morgan fingerprint density at radius 2 is 2.06 bits per heavy atom. The number of hydrogen-bond donors (Lipinski definition) is 3. The predicted molar refractivity (Wildman–Crippen MR) is 133 cm³/mol. The first-order valence-corrected chi connectivity index (χ1v) is 13.0. The zero-order valence-corrected chi connectivity index (χ0v) is 20.9. The van der Waals surface area contributed by atoms with E-state index in [4.69, 9.17) is 5.10 Å². The highest BCUT2D eigenvalue weighted by Crippen LogP contribution is 2.67. The van der Waals surface area contributed by atoms with Gasteiger partial charge in [-0.15, -0.1) is 0 Å². The van der Waals surface area contributed by atoms with Gasteiger partial charge in [0.05, 0.1) is 23.7 Å². The molecule has 3 saturated carbocycles. The van der Waals surface area contributed by atoms with Crippen LogP contribution in [-0.2, 0) is 11.2 Å². The average molecular weight is 477 g/mol. The topological polar surface area (TPSA) is 95.6 Å². The van der Waals surface area contributed by atoms with Crippen molar-refractivity contribution >= 4 is 11.9 Å². The lowest BCUT2D eigenvalue weighted by Crippen LogP contribution is -2.62. The summed E-state index contributed by atoms with van der Waals surface area (Å²) in [6.07, 6.45) is 7.93. The van der Waals surface area contributed by atoms with Gasteiger partial charge in [0.15, 0.2) is 5.78 Å². The van der Waals surface area contributed by atoms with Crippen molar-refractivity contribution < 1.29 is 20.1 Å². The molecule has 1 heterocycles. The number of ketones is 1. The van der Waals surface area contributed by atoms with Crippen LogP contribution in [-0.4, -0.2) is 49.2 Å². The second-order valence-electron chi connectivity index (χ2n) is 12.1. The third-order valence-electron chi connectivity index (χ3n) is 10.4. The largest absolute Gasteiger partial charge is 0.393 e. The van der Waals surface area contributed by atoms with Crippen molar-refractivity contribution in [2.45, 2.75) is 71.0 Å². The highest BCUT2D eigenvalue weighted by atomic mass is 16.3. The minimum absolute atomic E-state index is 0.0719. The fourth-order valence-electron chi connectivity index (χ4n) is 8.74. The lowest BCUT2D eigenvalue weighted by atomic mass is 9.45.